The van der Waals surface area contributed by atoms with Gasteiger partial charge in [-0.15, -0.1) is 0 Å². The van der Waals surface area contributed by atoms with Gasteiger partial charge in [-0.2, -0.15) is 0 Å². The van der Waals surface area contributed by atoms with Crippen LogP contribution in [0, 0.1) is 0 Å². The molecule has 0 saturated carbocycles. The molecule has 0 unspecified atom stereocenters. The lowest BCUT2D eigenvalue weighted by Gasteiger charge is -2.30. The maximum Gasteiger partial charge on any atom is 0.325 e. The molecule has 0 aromatic carbocycles. The van der Waals surface area contributed by atoms with Crippen molar-refractivity contribution in [3.05, 3.63) is 0 Å². The van der Waals surface area contributed by atoms with Gasteiger partial charge < -0.3 is 19.6 Å². The molecule has 2 amide bonds. The van der Waals surface area contributed by atoms with Crippen molar-refractivity contribution in [1.82, 2.24) is 9.80 Å². The lowest BCUT2D eigenvalue weighted by atomic mass is 10.3. The Balaban J connectivity index is 4.55. The lowest BCUT2D eigenvalue weighted by Crippen LogP contribution is -2.47. The first-order chi connectivity index (χ1) is 8.29. The number of carbonyl (C=O) groups excluding carboxylic acids is 2. The molecule has 1 N–H and O–H groups in total. The largest absolute Gasteiger partial charge is 0.481 e. The molecule has 0 heterocycles. The van der Waals surface area contributed by atoms with Crippen LogP contribution >= 0.6 is 0 Å². The SMILES string of the molecule is COC(=O)CN(C)C(=O)N(CCC(=O)O)C(C)C. The zero-order valence-electron chi connectivity index (χ0n) is 11.2. The van der Waals surface area contributed by atoms with Gasteiger partial charge in [0.25, 0.3) is 0 Å². The van der Waals surface area contributed by atoms with Crippen molar-refractivity contribution in [2.24, 2.45) is 0 Å². The number of ether oxygens (including phenoxy) is 1. The van der Waals surface area contributed by atoms with Crippen molar-refractivity contribution in [2.75, 3.05) is 27.2 Å². The summed E-state index contributed by atoms with van der Waals surface area (Å²) in [6.07, 6.45) is -0.129. The third kappa shape index (κ3) is 5.51. The number of nitrogens with zero attached hydrogens (tertiary/aromatic N) is 2. The minimum Gasteiger partial charge on any atom is -0.481 e. The quantitative estimate of drug-likeness (QED) is 0.698. The fourth-order valence-corrected chi connectivity index (χ4v) is 1.34. The fraction of sp³-hybridized carbons (Fsp3) is 0.727. The molecule has 0 aromatic heterocycles. The highest BCUT2D eigenvalue weighted by Gasteiger charge is 2.22. The summed E-state index contributed by atoms with van der Waals surface area (Å²) in [5.41, 5.74) is 0. The monoisotopic (exact) mass is 260 g/mol. The summed E-state index contributed by atoms with van der Waals surface area (Å²) in [6, 6.07) is -0.534. The van der Waals surface area contributed by atoms with Crippen LogP contribution in [0.2, 0.25) is 0 Å². The van der Waals surface area contributed by atoms with E-state index in [9.17, 15) is 14.4 Å². The van der Waals surface area contributed by atoms with Gasteiger partial charge in [0.2, 0.25) is 0 Å². The zero-order valence-corrected chi connectivity index (χ0v) is 11.2. The molecule has 0 aromatic rings. The normalized spacial score (nSPS) is 10.1. The molecule has 104 valence electrons. The van der Waals surface area contributed by atoms with Gasteiger partial charge in [-0.3, -0.25) is 9.59 Å². The number of esters is 1. The Morgan fingerprint density at radius 3 is 2.22 bits per heavy atom. The Labute approximate surface area is 106 Å². The summed E-state index contributed by atoms with van der Waals surface area (Å²) >= 11 is 0. The smallest absolute Gasteiger partial charge is 0.325 e. The van der Waals surface area contributed by atoms with Crippen LogP contribution in [0.1, 0.15) is 20.3 Å². The van der Waals surface area contributed by atoms with E-state index in [4.69, 9.17) is 5.11 Å². The highest BCUT2D eigenvalue weighted by molar-refractivity contribution is 5.81. The first-order valence-electron chi connectivity index (χ1n) is 5.60. The highest BCUT2D eigenvalue weighted by atomic mass is 16.5. The molecular formula is C11H20N2O5. The van der Waals surface area contributed by atoms with Gasteiger partial charge in [0, 0.05) is 19.6 Å². The predicted octanol–water partition coefficient (Wildman–Crippen LogP) is 0.396. The second-order valence-electron chi connectivity index (χ2n) is 4.15. The summed E-state index contributed by atoms with van der Waals surface area (Å²) in [6.45, 7) is 3.51. The molecule has 0 aliphatic heterocycles. The molecule has 0 radical (unpaired) electrons. The third-order valence-corrected chi connectivity index (χ3v) is 2.36. The van der Waals surface area contributed by atoms with Gasteiger partial charge in [0.05, 0.1) is 13.5 Å². The van der Waals surface area contributed by atoms with E-state index in [-0.39, 0.29) is 25.6 Å². The van der Waals surface area contributed by atoms with E-state index < -0.39 is 18.0 Å². The maximum absolute atomic E-state index is 12.0. The number of hydrogen-bond acceptors (Lipinski definition) is 4. The minimum absolute atomic E-state index is 0.108. The van der Waals surface area contributed by atoms with Crippen molar-refractivity contribution >= 4 is 18.0 Å². The summed E-state index contributed by atoms with van der Waals surface area (Å²) in [7, 11) is 2.71. The topological polar surface area (TPSA) is 87.2 Å². The summed E-state index contributed by atoms with van der Waals surface area (Å²) in [4.78, 5) is 36.2. The van der Waals surface area contributed by atoms with Crippen LogP contribution in [0.3, 0.4) is 0 Å². The number of carboxylic acids is 1. The molecule has 0 rings (SSSR count). The third-order valence-electron chi connectivity index (χ3n) is 2.36. The molecule has 0 saturated heterocycles. The number of likely N-dealkylation sites (N-methyl/N-ethyl adjacent to an activating group) is 1. The van der Waals surface area contributed by atoms with Gasteiger partial charge in [-0.1, -0.05) is 0 Å². The average Bonchev–Trinajstić information content (AvgIpc) is 2.27. The van der Waals surface area contributed by atoms with Gasteiger partial charge >= 0.3 is 18.0 Å². The Morgan fingerprint density at radius 1 is 1.28 bits per heavy atom. The Hall–Kier alpha value is -1.79. The second kappa shape index (κ2) is 7.52. The van der Waals surface area contributed by atoms with Gasteiger partial charge in [-0.25, -0.2) is 4.79 Å². The van der Waals surface area contributed by atoms with Gasteiger partial charge in [0.15, 0.2) is 0 Å². The van der Waals surface area contributed by atoms with E-state index in [1.54, 1.807) is 13.8 Å². The molecule has 7 heteroatoms. The molecular weight excluding hydrogens is 240 g/mol. The predicted molar refractivity (Wildman–Crippen MR) is 64.1 cm³/mol. The highest BCUT2D eigenvalue weighted by Crippen LogP contribution is 2.05. The van der Waals surface area contributed by atoms with E-state index >= 15 is 0 Å². The number of methoxy groups -OCH3 is 1. The Morgan fingerprint density at radius 2 is 1.83 bits per heavy atom. The number of aliphatic carboxylic acids is 1. The lowest BCUT2D eigenvalue weighted by molar-refractivity contribution is -0.141. The molecule has 18 heavy (non-hydrogen) atoms. The number of rotatable bonds is 6. The number of hydrogen-bond donors (Lipinski definition) is 1. The standard InChI is InChI=1S/C11H20N2O5/c1-8(2)13(6-5-9(14)15)11(17)12(3)7-10(16)18-4/h8H,5-7H2,1-4H3,(H,14,15). The van der Waals surface area contributed by atoms with Crippen molar-refractivity contribution in [2.45, 2.75) is 26.3 Å². The van der Waals surface area contributed by atoms with Crippen LogP contribution in [0.15, 0.2) is 0 Å². The second-order valence-corrected chi connectivity index (χ2v) is 4.15. The first kappa shape index (κ1) is 16.2. The van der Waals surface area contributed by atoms with Crippen LogP contribution in [0.5, 0.6) is 0 Å². The van der Waals surface area contributed by atoms with Crippen molar-refractivity contribution in [1.29, 1.82) is 0 Å². The van der Waals surface area contributed by atoms with E-state index in [1.807, 2.05) is 0 Å². The number of carboxylic acid groups (broad SMARTS) is 1. The molecule has 0 spiro atoms. The molecule has 0 atom stereocenters. The van der Waals surface area contributed by atoms with E-state index in [2.05, 4.69) is 4.74 Å². The number of carbonyl (C=O) groups is 3. The molecule has 0 aliphatic carbocycles. The van der Waals surface area contributed by atoms with Crippen LogP contribution < -0.4 is 0 Å². The van der Waals surface area contributed by atoms with Crippen LogP contribution in [-0.2, 0) is 14.3 Å². The molecule has 0 fully saturated rings. The van der Waals surface area contributed by atoms with Crippen molar-refractivity contribution < 1.29 is 24.2 Å². The zero-order chi connectivity index (χ0) is 14.3. The molecule has 7 nitrogen and oxygen atoms in total. The number of urea groups is 1. The maximum atomic E-state index is 12.0. The van der Waals surface area contributed by atoms with Gasteiger partial charge in [-0.05, 0) is 13.8 Å². The summed E-state index contributed by atoms with van der Waals surface area (Å²) in [5, 5.41) is 8.62. The van der Waals surface area contributed by atoms with Crippen LogP contribution in [-0.4, -0.2) is 66.2 Å². The van der Waals surface area contributed by atoms with Gasteiger partial charge in [0.1, 0.15) is 6.54 Å². The number of amides is 2. The van der Waals surface area contributed by atoms with Crippen molar-refractivity contribution in [3.8, 4) is 0 Å². The minimum atomic E-state index is -0.968. The van der Waals surface area contributed by atoms with E-state index in [0.29, 0.717) is 0 Å². The first-order valence-corrected chi connectivity index (χ1v) is 5.60. The molecule has 0 bridgehead atoms. The Bertz CT molecular complexity index is 317. The van der Waals surface area contributed by atoms with E-state index in [0.717, 1.165) is 0 Å². The van der Waals surface area contributed by atoms with E-state index in [1.165, 1.54) is 24.0 Å². The average molecular weight is 260 g/mol. The molecule has 0 aliphatic rings. The van der Waals surface area contributed by atoms with Crippen molar-refractivity contribution in [3.63, 3.8) is 0 Å². The summed E-state index contributed by atoms with van der Waals surface area (Å²) < 4.78 is 4.46. The van der Waals surface area contributed by atoms with Crippen LogP contribution in [0.25, 0.3) is 0 Å². The Kier molecular flexibility index (Phi) is 6.77. The summed E-state index contributed by atoms with van der Waals surface area (Å²) in [5.74, 6) is -1.49. The fourth-order valence-electron chi connectivity index (χ4n) is 1.34. The van der Waals surface area contributed by atoms with Crippen LogP contribution in [0.4, 0.5) is 4.79 Å².